The summed E-state index contributed by atoms with van der Waals surface area (Å²) < 4.78 is 160. The van der Waals surface area contributed by atoms with Crippen molar-refractivity contribution >= 4 is 5.97 Å². The Morgan fingerprint density at radius 3 is 1.83 bits per heavy atom. The summed E-state index contributed by atoms with van der Waals surface area (Å²) in [5.74, 6) is -38.9. The van der Waals surface area contributed by atoms with Gasteiger partial charge in [0.15, 0.2) is 6.61 Å². The van der Waals surface area contributed by atoms with Crippen LogP contribution in [0.5, 0.6) is 0 Å². The van der Waals surface area contributed by atoms with Crippen LogP contribution in [0, 0.1) is 17.8 Å². The number of esters is 1. The second-order valence-corrected chi connectivity index (χ2v) is 6.85. The van der Waals surface area contributed by atoms with E-state index in [0.29, 0.717) is 6.42 Å². The van der Waals surface area contributed by atoms with E-state index in [-0.39, 0.29) is 12.3 Å². The van der Waals surface area contributed by atoms with Crippen molar-refractivity contribution in [3.8, 4) is 0 Å². The maximum Gasteiger partial charge on any atom is 0.384 e. The van der Waals surface area contributed by atoms with Crippen molar-refractivity contribution in [3.63, 3.8) is 0 Å². The second-order valence-electron chi connectivity index (χ2n) is 6.85. The number of carbonyl (C=O) groups is 1. The van der Waals surface area contributed by atoms with E-state index in [4.69, 9.17) is 0 Å². The second kappa shape index (κ2) is 6.96. The summed E-state index contributed by atoms with van der Waals surface area (Å²) in [6.45, 7) is -2.84. The van der Waals surface area contributed by atoms with Crippen molar-refractivity contribution in [1.82, 2.24) is 0 Å². The van der Waals surface area contributed by atoms with Crippen molar-refractivity contribution in [2.75, 3.05) is 6.61 Å². The number of ether oxygens (including phenoxy) is 1. The Hall–Kier alpha value is -1.63. The van der Waals surface area contributed by atoms with E-state index < -0.39 is 60.5 Å². The van der Waals surface area contributed by atoms with Gasteiger partial charge in [-0.15, -0.1) is 0 Å². The fraction of sp³-hybridized carbons (Fsp3) is 0.800. The van der Waals surface area contributed by atoms with Gasteiger partial charge in [-0.25, -0.2) is 8.78 Å². The third-order valence-electron chi connectivity index (χ3n) is 4.92. The topological polar surface area (TPSA) is 26.3 Å². The summed E-state index contributed by atoms with van der Waals surface area (Å²) in [6.07, 6.45) is -1.82. The average Bonchev–Trinajstić information content (AvgIpc) is 3.22. The quantitative estimate of drug-likeness (QED) is 0.288. The maximum atomic E-state index is 13.6. The predicted molar refractivity (Wildman–Crippen MR) is 70.5 cm³/mol. The largest absolute Gasteiger partial charge is 0.459 e. The first-order chi connectivity index (χ1) is 12.9. The van der Waals surface area contributed by atoms with Gasteiger partial charge in [0.05, 0.1) is 5.92 Å². The molecule has 2 rings (SSSR count). The number of fused-ring (bicyclic) bond motifs is 2. The highest BCUT2D eigenvalue weighted by molar-refractivity contribution is 5.74. The predicted octanol–water partition coefficient (Wildman–Crippen LogP) is 5.18. The normalized spacial score (nSPS) is 25.8. The lowest BCUT2D eigenvalue weighted by atomic mass is 9.93. The van der Waals surface area contributed by atoms with Crippen LogP contribution in [-0.4, -0.2) is 48.6 Å². The van der Waals surface area contributed by atoms with Gasteiger partial charge in [0, 0.05) is 0 Å². The highest BCUT2D eigenvalue weighted by atomic mass is 19.4. The fourth-order valence-corrected chi connectivity index (χ4v) is 3.18. The molecule has 29 heavy (non-hydrogen) atoms. The minimum absolute atomic E-state index is 0.0941. The minimum atomic E-state index is -7.62. The van der Waals surface area contributed by atoms with Gasteiger partial charge in [-0.1, -0.05) is 12.2 Å². The lowest BCUT2D eigenvalue weighted by Crippen LogP contribution is -2.69. The van der Waals surface area contributed by atoms with E-state index in [1.54, 1.807) is 6.08 Å². The summed E-state index contributed by atoms with van der Waals surface area (Å²) in [6, 6.07) is 0. The number of allylic oxidation sites excluding steroid dienone is 2. The molecular weight excluding hydrogens is 440 g/mol. The lowest BCUT2D eigenvalue weighted by molar-refractivity contribution is -0.414. The molecule has 168 valence electrons. The number of rotatable bonds is 8. The van der Waals surface area contributed by atoms with Crippen LogP contribution in [0.15, 0.2) is 12.2 Å². The molecular formula is C15H12F12O2. The van der Waals surface area contributed by atoms with Gasteiger partial charge in [0.2, 0.25) is 0 Å². The first-order valence-electron chi connectivity index (χ1n) is 7.92. The molecule has 0 aliphatic heterocycles. The van der Waals surface area contributed by atoms with Crippen molar-refractivity contribution in [2.24, 2.45) is 17.8 Å². The smallest absolute Gasteiger partial charge is 0.384 e. The van der Waals surface area contributed by atoms with Crippen LogP contribution in [0.25, 0.3) is 0 Å². The lowest BCUT2D eigenvalue weighted by Gasteiger charge is -2.39. The molecule has 3 atom stereocenters. The number of alkyl halides is 12. The van der Waals surface area contributed by atoms with E-state index in [2.05, 4.69) is 4.74 Å². The zero-order valence-corrected chi connectivity index (χ0v) is 13.9. The summed E-state index contributed by atoms with van der Waals surface area (Å²) in [5, 5.41) is 0. The molecule has 2 aliphatic rings. The summed E-state index contributed by atoms with van der Waals surface area (Å²) in [7, 11) is 0. The zero-order chi connectivity index (χ0) is 22.6. The van der Waals surface area contributed by atoms with Gasteiger partial charge in [-0.3, -0.25) is 4.79 Å². The Balaban J connectivity index is 2.18. The molecule has 0 heterocycles. The van der Waals surface area contributed by atoms with Crippen LogP contribution in [0.4, 0.5) is 52.7 Å². The number of hydrogen-bond donors (Lipinski definition) is 0. The standard InChI is InChI=1S/C15H12F12O2/c16-10(17)12(20,21)14(24,25)15(26,27)13(22,23)11(18,19)5-29-9(28)8-4-6-1-2-7(8)3-6/h1-2,6-8,10H,3-5H2. The van der Waals surface area contributed by atoms with Crippen LogP contribution in [0.1, 0.15) is 12.8 Å². The van der Waals surface area contributed by atoms with Gasteiger partial charge in [-0.05, 0) is 24.7 Å². The first kappa shape index (κ1) is 23.6. The first-order valence-corrected chi connectivity index (χ1v) is 7.92. The van der Waals surface area contributed by atoms with E-state index in [9.17, 15) is 57.5 Å². The summed E-state index contributed by atoms with van der Waals surface area (Å²) >= 11 is 0. The zero-order valence-electron chi connectivity index (χ0n) is 13.9. The molecule has 0 amide bonds. The Labute approximate surface area is 154 Å². The van der Waals surface area contributed by atoms with Gasteiger partial charge in [-0.2, -0.15) is 43.9 Å². The fourth-order valence-electron chi connectivity index (χ4n) is 3.18. The van der Waals surface area contributed by atoms with Gasteiger partial charge < -0.3 is 4.74 Å². The molecule has 0 aromatic heterocycles. The Morgan fingerprint density at radius 2 is 1.41 bits per heavy atom. The Morgan fingerprint density at radius 1 is 0.862 bits per heavy atom. The van der Waals surface area contributed by atoms with Crippen LogP contribution < -0.4 is 0 Å². The molecule has 2 bridgehead atoms. The Bertz CT molecular complexity index is 672. The molecule has 2 nitrogen and oxygen atoms in total. The van der Waals surface area contributed by atoms with Crippen molar-refractivity contribution < 1.29 is 62.2 Å². The Kier molecular flexibility index (Phi) is 5.68. The highest BCUT2D eigenvalue weighted by Gasteiger charge is 2.87. The number of carbonyl (C=O) groups excluding carboxylic acids is 1. The van der Waals surface area contributed by atoms with Crippen molar-refractivity contribution in [2.45, 2.75) is 48.9 Å². The SMILES string of the molecule is O=C(OCC(F)(F)C(F)(F)C(F)(F)C(F)(F)C(F)(F)C(F)F)C1CC2C=CC1C2. The maximum absolute atomic E-state index is 13.6. The van der Waals surface area contributed by atoms with Gasteiger partial charge >= 0.3 is 42.0 Å². The third kappa shape index (κ3) is 3.45. The number of hydrogen-bond acceptors (Lipinski definition) is 2. The van der Waals surface area contributed by atoms with Crippen molar-refractivity contribution in [3.05, 3.63) is 12.2 Å². The molecule has 1 fully saturated rings. The summed E-state index contributed by atoms with van der Waals surface area (Å²) in [5.41, 5.74) is 0. The monoisotopic (exact) mass is 452 g/mol. The molecule has 0 spiro atoms. The van der Waals surface area contributed by atoms with E-state index >= 15 is 0 Å². The molecule has 3 unspecified atom stereocenters. The molecule has 0 aromatic rings. The average molecular weight is 452 g/mol. The van der Waals surface area contributed by atoms with Gasteiger partial charge in [0.1, 0.15) is 0 Å². The molecule has 14 heteroatoms. The summed E-state index contributed by atoms with van der Waals surface area (Å²) in [4.78, 5) is 11.7. The van der Waals surface area contributed by atoms with Crippen LogP contribution >= 0.6 is 0 Å². The molecule has 0 radical (unpaired) electrons. The highest BCUT2D eigenvalue weighted by Crippen LogP contribution is 2.58. The van der Waals surface area contributed by atoms with Crippen LogP contribution in [0.3, 0.4) is 0 Å². The number of halogens is 12. The van der Waals surface area contributed by atoms with E-state index in [1.165, 1.54) is 6.08 Å². The molecule has 1 saturated carbocycles. The minimum Gasteiger partial charge on any atom is -0.459 e. The van der Waals surface area contributed by atoms with Gasteiger partial charge in [0.25, 0.3) is 0 Å². The molecule has 0 aromatic carbocycles. The molecule has 0 N–H and O–H groups in total. The van der Waals surface area contributed by atoms with Crippen molar-refractivity contribution in [1.29, 1.82) is 0 Å². The molecule has 0 saturated heterocycles. The van der Waals surface area contributed by atoms with Crippen LogP contribution in [0.2, 0.25) is 0 Å². The van der Waals surface area contributed by atoms with E-state index in [1.807, 2.05) is 0 Å². The third-order valence-corrected chi connectivity index (χ3v) is 4.92. The molecule has 2 aliphatic carbocycles. The van der Waals surface area contributed by atoms with E-state index in [0.717, 1.165) is 0 Å². The van der Waals surface area contributed by atoms with Crippen LogP contribution in [-0.2, 0) is 9.53 Å².